The van der Waals surface area contributed by atoms with Gasteiger partial charge in [-0.1, -0.05) is 11.6 Å². The first-order valence-corrected chi connectivity index (χ1v) is 8.25. The van der Waals surface area contributed by atoms with Crippen LogP contribution in [0.3, 0.4) is 0 Å². The van der Waals surface area contributed by atoms with E-state index in [0.29, 0.717) is 23.0 Å². The van der Waals surface area contributed by atoms with E-state index in [1.165, 1.54) is 0 Å². The van der Waals surface area contributed by atoms with Crippen LogP contribution in [-0.2, 0) is 4.79 Å². The average Bonchev–Trinajstić information content (AvgIpc) is 2.56. The largest absolute Gasteiger partial charge is 0.374 e. The lowest BCUT2D eigenvalue weighted by Crippen LogP contribution is -2.42. The highest BCUT2D eigenvalue weighted by Gasteiger charge is 2.21. The summed E-state index contributed by atoms with van der Waals surface area (Å²) in [6.45, 7) is 3.36. The molecule has 5 nitrogen and oxygen atoms in total. The van der Waals surface area contributed by atoms with Crippen LogP contribution in [0, 0.1) is 17.2 Å². The minimum atomic E-state index is 0.0767. The molecule has 0 radical (unpaired) electrons. The molecule has 0 aromatic heterocycles. The number of halogens is 1. The number of hydrogen-bond acceptors (Lipinski definition) is 4. The summed E-state index contributed by atoms with van der Waals surface area (Å²) < 4.78 is 0. The second kappa shape index (κ2) is 8.19. The fraction of sp³-hybridized carbons (Fsp3) is 0.529. The van der Waals surface area contributed by atoms with Crippen molar-refractivity contribution >= 4 is 23.2 Å². The highest BCUT2D eigenvalue weighted by Crippen LogP contribution is 2.25. The average molecular weight is 335 g/mol. The third kappa shape index (κ3) is 4.85. The van der Waals surface area contributed by atoms with Gasteiger partial charge in [-0.25, -0.2) is 0 Å². The molecule has 1 aromatic rings. The smallest absolute Gasteiger partial charge is 0.233 e. The van der Waals surface area contributed by atoms with Crippen molar-refractivity contribution in [1.29, 1.82) is 5.26 Å². The molecule has 6 heteroatoms. The van der Waals surface area contributed by atoms with E-state index in [9.17, 15) is 4.79 Å². The van der Waals surface area contributed by atoms with Gasteiger partial charge in [-0.3, -0.25) is 9.69 Å². The van der Waals surface area contributed by atoms with Crippen molar-refractivity contribution in [2.45, 2.75) is 12.8 Å². The van der Waals surface area contributed by atoms with E-state index < -0.39 is 0 Å². The summed E-state index contributed by atoms with van der Waals surface area (Å²) in [6.07, 6.45) is 2.18. The first kappa shape index (κ1) is 17.6. The van der Waals surface area contributed by atoms with Crippen molar-refractivity contribution in [2.75, 3.05) is 45.2 Å². The Morgan fingerprint density at radius 2 is 2.17 bits per heavy atom. The topological polar surface area (TPSA) is 59.4 Å². The van der Waals surface area contributed by atoms with Gasteiger partial charge in [0.1, 0.15) is 6.07 Å². The summed E-state index contributed by atoms with van der Waals surface area (Å²) in [7, 11) is 3.72. The fourth-order valence-corrected chi connectivity index (χ4v) is 3.15. The zero-order valence-electron chi connectivity index (χ0n) is 13.7. The number of carbonyl (C=O) groups excluding carboxylic acids is 1. The molecule has 0 atom stereocenters. The Morgan fingerprint density at radius 3 is 2.74 bits per heavy atom. The fourth-order valence-electron chi connectivity index (χ4n) is 2.93. The number of hydrogen-bond donors (Lipinski definition) is 1. The maximum Gasteiger partial charge on any atom is 0.233 e. The van der Waals surface area contributed by atoms with Gasteiger partial charge in [0.15, 0.2) is 0 Å². The predicted octanol–water partition coefficient (Wildman–Crippen LogP) is 2.11. The SMILES string of the molecule is CNC(=O)CN1CCC(CN(C)c2ccc(C#N)c(Cl)c2)CC1. The normalized spacial score (nSPS) is 15.9. The molecule has 1 aromatic carbocycles. The van der Waals surface area contributed by atoms with Crippen molar-refractivity contribution in [1.82, 2.24) is 10.2 Å². The molecule has 0 bridgehead atoms. The summed E-state index contributed by atoms with van der Waals surface area (Å²) >= 11 is 6.10. The minimum Gasteiger partial charge on any atom is -0.374 e. The van der Waals surface area contributed by atoms with Crippen LogP contribution >= 0.6 is 11.6 Å². The summed E-state index contributed by atoms with van der Waals surface area (Å²) in [4.78, 5) is 15.8. The van der Waals surface area contributed by atoms with Gasteiger partial charge in [0.05, 0.1) is 17.1 Å². The monoisotopic (exact) mass is 334 g/mol. The Balaban J connectivity index is 1.85. The molecule has 2 rings (SSSR count). The van der Waals surface area contributed by atoms with Crippen LogP contribution in [0.5, 0.6) is 0 Å². The number of rotatable bonds is 5. The minimum absolute atomic E-state index is 0.0767. The lowest BCUT2D eigenvalue weighted by atomic mass is 9.96. The molecule has 23 heavy (non-hydrogen) atoms. The molecular formula is C17H23ClN4O. The molecule has 0 spiro atoms. The van der Waals surface area contributed by atoms with Crippen LogP contribution in [0.4, 0.5) is 5.69 Å². The van der Waals surface area contributed by atoms with Crippen molar-refractivity contribution < 1.29 is 4.79 Å². The Morgan fingerprint density at radius 1 is 1.48 bits per heavy atom. The molecule has 1 heterocycles. The number of amides is 1. The van der Waals surface area contributed by atoms with E-state index in [0.717, 1.165) is 38.2 Å². The van der Waals surface area contributed by atoms with Gasteiger partial charge in [-0.2, -0.15) is 5.26 Å². The highest BCUT2D eigenvalue weighted by atomic mass is 35.5. The molecule has 0 saturated carbocycles. The molecule has 1 amide bonds. The third-order valence-electron chi connectivity index (χ3n) is 4.40. The molecule has 0 unspecified atom stereocenters. The van der Waals surface area contributed by atoms with Gasteiger partial charge in [-0.05, 0) is 50.0 Å². The second-order valence-electron chi connectivity index (χ2n) is 6.05. The van der Waals surface area contributed by atoms with E-state index in [1.54, 1.807) is 13.1 Å². The van der Waals surface area contributed by atoms with Crippen LogP contribution < -0.4 is 10.2 Å². The molecule has 1 fully saturated rings. The zero-order chi connectivity index (χ0) is 16.8. The summed E-state index contributed by atoms with van der Waals surface area (Å²) in [5, 5.41) is 12.1. The van der Waals surface area contributed by atoms with Gasteiger partial charge < -0.3 is 10.2 Å². The van der Waals surface area contributed by atoms with Crippen LogP contribution in [-0.4, -0.2) is 51.1 Å². The molecule has 1 N–H and O–H groups in total. The van der Waals surface area contributed by atoms with E-state index in [-0.39, 0.29) is 5.91 Å². The maximum absolute atomic E-state index is 11.4. The van der Waals surface area contributed by atoms with Crippen LogP contribution in [0.15, 0.2) is 18.2 Å². The Hall–Kier alpha value is -1.77. The van der Waals surface area contributed by atoms with E-state index in [1.807, 2.05) is 12.1 Å². The number of benzene rings is 1. The van der Waals surface area contributed by atoms with Crippen molar-refractivity contribution in [2.24, 2.45) is 5.92 Å². The standard InChI is InChI=1S/C17H23ClN4O/c1-20-17(23)12-22-7-5-13(6-8-22)11-21(2)15-4-3-14(10-19)16(18)9-15/h3-4,9,13H,5-8,11-12H2,1-2H3,(H,20,23). The number of carbonyl (C=O) groups is 1. The van der Waals surface area contributed by atoms with Gasteiger partial charge in [0.25, 0.3) is 0 Å². The van der Waals surface area contributed by atoms with Crippen LogP contribution in [0.1, 0.15) is 18.4 Å². The van der Waals surface area contributed by atoms with E-state index >= 15 is 0 Å². The Labute approximate surface area is 142 Å². The van der Waals surface area contributed by atoms with Gasteiger partial charge in [0.2, 0.25) is 5.91 Å². The van der Waals surface area contributed by atoms with Crippen LogP contribution in [0.25, 0.3) is 0 Å². The lowest BCUT2D eigenvalue weighted by molar-refractivity contribution is -0.122. The molecule has 1 aliphatic rings. The first-order chi connectivity index (χ1) is 11.0. The van der Waals surface area contributed by atoms with Crippen molar-refractivity contribution in [3.63, 3.8) is 0 Å². The van der Waals surface area contributed by atoms with E-state index in [2.05, 4.69) is 28.2 Å². The summed E-state index contributed by atoms with van der Waals surface area (Å²) in [5.74, 6) is 0.683. The molecule has 124 valence electrons. The van der Waals surface area contributed by atoms with Crippen molar-refractivity contribution in [3.05, 3.63) is 28.8 Å². The Bertz CT molecular complexity index is 591. The highest BCUT2D eigenvalue weighted by molar-refractivity contribution is 6.32. The number of nitriles is 1. The first-order valence-electron chi connectivity index (χ1n) is 7.87. The van der Waals surface area contributed by atoms with Gasteiger partial charge in [0, 0.05) is 26.3 Å². The number of likely N-dealkylation sites (N-methyl/N-ethyl adjacent to an activating group) is 1. The number of piperidine rings is 1. The molecule has 0 aliphatic carbocycles. The summed E-state index contributed by atoms with van der Waals surface area (Å²) in [6, 6.07) is 7.63. The molecular weight excluding hydrogens is 312 g/mol. The summed E-state index contributed by atoms with van der Waals surface area (Å²) in [5.41, 5.74) is 1.54. The van der Waals surface area contributed by atoms with E-state index in [4.69, 9.17) is 16.9 Å². The zero-order valence-corrected chi connectivity index (χ0v) is 14.4. The number of likely N-dealkylation sites (tertiary alicyclic amines) is 1. The molecule has 1 aliphatic heterocycles. The number of nitrogens with zero attached hydrogens (tertiary/aromatic N) is 3. The predicted molar refractivity (Wildman–Crippen MR) is 92.7 cm³/mol. The van der Waals surface area contributed by atoms with Gasteiger partial charge >= 0.3 is 0 Å². The molecule has 1 saturated heterocycles. The number of anilines is 1. The third-order valence-corrected chi connectivity index (χ3v) is 4.71. The van der Waals surface area contributed by atoms with Crippen LogP contribution in [0.2, 0.25) is 5.02 Å². The maximum atomic E-state index is 11.4. The quantitative estimate of drug-likeness (QED) is 0.896. The van der Waals surface area contributed by atoms with Gasteiger partial charge in [-0.15, -0.1) is 0 Å². The number of nitrogens with one attached hydrogen (secondary N) is 1. The van der Waals surface area contributed by atoms with Crippen molar-refractivity contribution in [3.8, 4) is 6.07 Å². The second-order valence-corrected chi connectivity index (χ2v) is 6.46. The lowest BCUT2D eigenvalue weighted by Gasteiger charge is -2.34. The Kier molecular flexibility index (Phi) is 6.26.